The molecule has 1 spiro atoms. The maximum Gasteiger partial charge on any atom is 0.219 e. The topological polar surface area (TPSA) is 47.9 Å². The molecule has 0 radical (unpaired) electrons. The number of carbonyl (C=O) groups is 1. The van der Waals surface area contributed by atoms with Gasteiger partial charge in [-0.3, -0.25) is 9.79 Å². The van der Waals surface area contributed by atoms with Crippen molar-refractivity contribution in [2.45, 2.75) is 63.5 Å². The normalized spacial score (nSPS) is 24.8. The van der Waals surface area contributed by atoms with Gasteiger partial charge >= 0.3 is 0 Å². The molecular formula is C20H36N4OS. The molecule has 2 heterocycles. The van der Waals surface area contributed by atoms with Gasteiger partial charge in [-0.15, -0.1) is 0 Å². The second-order valence-electron chi connectivity index (χ2n) is 8.16. The highest BCUT2D eigenvalue weighted by Gasteiger charge is 2.38. The van der Waals surface area contributed by atoms with Crippen molar-refractivity contribution < 1.29 is 4.79 Å². The molecule has 0 unspecified atom stereocenters. The lowest BCUT2D eigenvalue weighted by Crippen LogP contribution is -2.53. The van der Waals surface area contributed by atoms with E-state index in [9.17, 15) is 4.79 Å². The second kappa shape index (κ2) is 9.34. The molecule has 1 aliphatic carbocycles. The Morgan fingerprint density at radius 2 is 1.88 bits per heavy atom. The molecule has 148 valence electrons. The van der Waals surface area contributed by atoms with Crippen LogP contribution in [0.2, 0.25) is 0 Å². The number of nitrogens with zero attached hydrogens (tertiary/aromatic N) is 3. The third kappa shape index (κ3) is 5.08. The number of carbonyl (C=O) groups excluding carboxylic acids is 1. The van der Waals surface area contributed by atoms with Crippen LogP contribution < -0.4 is 5.32 Å². The zero-order chi connectivity index (χ0) is 18.4. The van der Waals surface area contributed by atoms with Gasteiger partial charge in [-0.05, 0) is 38.5 Å². The molecule has 6 heteroatoms. The Labute approximate surface area is 163 Å². The minimum Gasteiger partial charge on any atom is -0.357 e. The molecular weight excluding hydrogens is 344 g/mol. The van der Waals surface area contributed by atoms with E-state index in [4.69, 9.17) is 4.99 Å². The van der Waals surface area contributed by atoms with Crippen LogP contribution in [0.4, 0.5) is 0 Å². The van der Waals surface area contributed by atoms with Crippen LogP contribution >= 0.6 is 11.8 Å². The lowest BCUT2D eigenvalue weighted by molar-refractivity contribution is -0.130. The Morgan fingerprint density at radius 3 is 2.54 bits per heavy atom. The van der Waals surface area contributed by atoms with Crippen molar-refractivity contribution in [2.24, 2.45) is 10.9 Å². The van der Waals surface area contributed by atoms with E-state index in [0.29, 0.717) is 10.7 Å². The molecule has 2 saturated heterocycles. The van der Waals surface area contributed by atoms with Gasteiger partial charge in [0, 0.05) is 56.7 Å². The summed E-state index contributed by atoms with van der Waals surface area (Å²) in [6.45, 7) is 9.73. The van der Waals surface area contributed by atoms with Crippen LogP contribution in [0.15, 0.2) is 4.99 Å². The number of aliphatic imine (C=N–C) groups is 1. The zero-order valence-electron chi connectivity index (χ0n) is 16.6. The highest BCUT2D eigenvalue weighted by Crippen LogP contribution is 2.42. The summed E-state index contributed by atoms with van der Waals surface area (Å²) in [6, 6.07) is 0. The fourth-order valence-corrected chi connectivity index (χ4v) is 6.17. The van der Waals surface area contributed by atoms with Crippen molar-refractivity contribution in [3.8, 4) is 0 Å². The molecule has 0 aromatic carbocycles. The van der Waals surface area contributed by atoms with Crippen LogP contribution in [-0.4, -0.2) is 71.4 Å². The number of guanidine groups is 1. The molecule has 0 aromatic heterocycles. The fraction of sp³-hybridized carbons (Fsp3) is 0.900. The molecule has 1 saturated carbocycles. The van der Waals surface area contributed by atoms with E-state index in [1.54, 1.807) is 6.92 Å². The number of piperidine rings is 1. The van der Waals surface area contributed by atoms with Gasteiger partial charge < -0.3 is 15.1 Å². The summed E-state index contributed by atoms with van der Waals surface area (Å²) in [5.74, 6) is 3.17. The average molecular weight is 381 g/mol. The number of nitrogens with one attached hydrogen (secondary N) is 1. The minimum atomic E-state index is 0.212. The summed E-state index contributed by atoms with van der Waals surface area (Å²) in [5, 5.41) is 3.54. The van der Waals surface area contributed by atoms with E-state index in [1.807, 2.05) is 4.90 Å². The standard InChI is InChI=1S/C20H36N4OS/c1-3-21-19(22-15-18-7-11-23(12-8-18)17(2)25)24-13-14-26-20(16-24)9-5-4-6-10-20/h18H,3-16H2,1-2H3,(H,21,22). The number of amides is 1. The lowest BCUT2D eigenvalue weighted by atomic mass is 9.87. The van der Waals surface area contributed by atoms with E-state index >= 15 is 0 Å². The second-order valence-corrected chi connectivity index (χ2v) is 9.72. The van der Waals surface area contributed by atoms with Crippen LogP contribution in [0.25, 0.3) is 0 Å². The lowest BCUT2D eigenvalue weighted by Gasteiger charge is -2.45. The highest BCUT2D eigenvalue weighted by atomic mass is 32.2. The molecule has 1 amide bonds. The van der Waals surface area contributed by atoms with Crippen LogP contribution in [0.3, 0.4) is 0 Å². The van der Waals surface area contributed by atoms with E-state index in [1.165, 1.54) is 37.9 Å². The van der Waals surface area contributed by atoms with Gasteiger partial charge in [0.05, 0.1) is 0 Å². The van der Waals surface area contributed by atoms with Crippen molar-refractivity contribution in [3.05, 3.63) is 0 Å². The van der Waals surface area contributed by atoms with E-state index in [-0.39, 0.29) is 5.91 Å². The average Bonchev–Trinajstić information content (AvgIpc) is 2.66. The molecule has 5 nitrogen and oxygen atoms in total. The van der Waals surface area contributed by atoms with Crippen molar-refractivity contribution in [1.29, 1.82) is 0 Å². The number of hydrogen-bond acceptors (Lipinski definition) is 3. The first-order valence-electron chi connectivity index (χ1n) is 10.5. The van der Waals surface area contributed by atoms with Crippen molar-refractivity contribution in [2.75, 3.05) is 45.0 Å². The van der Waals surface area contributed by atoms with Crippen molar-refractivity contribution in [3.63, 3.8) is 0 Å². The Bertz CT molecular complexity index is 491. The molecule has 1 N–H and O–H groups in total. The molecule has 26 heavy (non-hydrogen) atoms. The first-order valence-corrected chi connectivity index (χ1v) is 11.5. The summed E-state index contributed by atoms with van der Waals surface area (Å²) in [6.07, 6.45) is 9.11. The molecule has 3 aliphatic rings. The third-order valence-corrected chi connectivity index (χ3v) is 7.74. The molecule has 0 aromatic rings. The highest BCUT2D eigenvalue weighted by molar-refractivity contribution is 8.00. The van der Waals surface area contributed by atoms with E-state index in [2.05, 4.69) is 28.9 Å². The van der Waals surface area contributed by atoms with Gasteiger partial charge in [0.2, 0.25) is 5.91 Å². The largest absolute Gasteiger partial charge is 0.357 e. The number of thioether (sulfide) groups is 1. The Morgan fingerprint density at radius 1 is 1.15 bits per heavy atom. The maximum atomic E-state index is 11.5. The first-order chi connectivity index (χ1) is 12.6. The summed E-state index contributed by atoms with van der Waals surface area (Å²) in [4.78, 5) is 21.0. The fourth-order valence-electron chi connectivity index (χ4n) is 4.60. The van der Waals surface area contributed by atoms with Crippen LogP contribution in [0.1, 0.15) is 58.8 Å². The zero-order valence-corrected chi connectivity index (χ0v) is 17.5. The molecule has 0 bridgehead atoms. The molecule has 0 atom stereocenters. The number of hydrogen-bond donors (Lipinski definition) is 1. The summed E-state index contributed by atoms with van der Waals surface area (Å²) >= 11 is 2.21. The van der Waals surface area contributed by atoms with E-state index in [0.717, 1.165) is 58.1 Å². The SMILES string of the molecule is CCNC(=NCC1CCN(C(C)=O)CC1)N1CCSC2(CCCCC2)C1. The summed E-state index contributed by atoms with van der Waals surface area (Å²) in [7, 11) is 0. The van der Waals surface area contributed by atoms with Crippen LogP contribution in [0.5, 0.6) is 0 Å². The Balaban J connectivity index is 1.57. The van der Waals surface area contributed by atoms with E-state index < -0.39 is 0 Å². The predicted molar refractivity (Wildman–Crippen MR) is 111 cm³/mol. The predicted octanol–water partition coefficient (Wildman–Crippen LogP) is 2.96. The van der Waals surface area contributed by atoms with Gasteiger partial charge in [-0.2, -0.15) is 11.8 Å². The smallest absolute Gasteiger partial charge is 0.219 e. The first kappa shape index (κ1) is 19.8. The molecule has 3 fully saturated rings. The summed E-state index contributed by atoms with van der Waals surface area (Å²) in [5.41, 5.74) is 0. The van der Waals surface area contributed by atoms with Gasteiger partial charge in [-0.25, -0.2) is 0 Å². The maximum absolute atomic E-state index is 11.5. The van der Waals surface area contributed by atoms with Gasteiger partial charge in [0.15, 0.2) is 5.96 Å². The molecule has 3 rings (SSSR count). The third-order valence-electron chi connectivity index (χ3n) is 6.21. The molecule has 2 aliphatic heterocycles. The Hall–Kier alpha value is -0.910. The minimum absolute atomic E-state index is 0.212. The van der Waals surface area contributed by atoms with Crippen LogP contribution in [0, 0.1) is 5.92 Å². The Kier molecular flexibility index (Phi) is 7.12. The van der Waals surface area contributed by atoms with Crippen LogP contribution in [-0.2, 0) is 4.79 Å². The van der Waals surface area contributed by atoms with Crippen molar-refractivity contribution in [1.82, 2.24) is 15.1 Å². The van der Waals surface area contributed by atoms with Gasteiger partial charge in [0.1, 0.15) is 0 Å². The van der Waals surface area contributed by atoms with Crippen molar-refractivity contribution >= 4 is 23.6 Å². The summed E-state index contributed by atoms with van der Waals surface area (Å²) < 4.78 is 0.472. The quantitative estimate of drug-likeness (QED) is 0.604. The number of likely N-dealkylation sites (tertiary alicyclic amines) is 1. The number of rotatable bonds is 3. The van der Waals surface area contributed by atoms with Gasteiger partial charge in [-0.1, -0.05) is 19.3 Å². The monoisotopic (exact) mass is 380 g/mol. The van der Waals surface area contributed by atoms with Gasteiger partial charge in [0.25, 0.3) is 0 Å².